The zero-order valence-corrected chi connectivity index (χ0v) is 17.1. The fourth-order valence-electron chi connectivity index (χ4n) is 2.89. The molecule has 1 fully saturated rings. The van der Waals surface area contributed by atoms with Gasteiger partial charge in [-0.2, -0.15) is 4.31 Å². The Morgan fingerprint density at radius 1 is 1.20 bits per heavy atom. The van der Waals surface area contributed by atoms with Crippen LogP contribution in [0.2, 0.25) is 0 Å². The maximum Gasteiger partial charge on any atom is 0.243 e. The number of rotatable bonds is 5. The first-order valence-electron chi connectivity index (χ1n) is 8.61. The number of nitrogens with zero attached hydrogens (tertiary/aromatic N) is 2. The minimum absolute atomic E-state index is 0.404. The van der Waals surface area contributed by atoms with Gasteiger partial charge < -0.3 is 15.1 Å². The average Bonchev–Trinajstić information content (AvgIpc) is 2.54. The van der Waals surface area contributed by atoms with Crippen molar-refractivity contribution < 1.29 is 13.3 Å². The van der Waals surface area contributed by atoms with Crippen LogP contribution in [0.1, 0.15) is 11.1 Å². The van der Waals surface area contributed by atoms with Crippen LogP contribution in [-0.4, -0.2) is 76.1 Å². The molecule has 1 aromatic carbocycles. The topological polar surface area (TPSA) is 57.1 Å². The molecule has 1 heterocycles. The minimum Gasteiger partial charge on any atom is -0.357 e. The zero-order chi connectivity index (χ0) is 18.6. The summed E-state index contributed by atoms with van der Waals surface area (Å²) in [6, 6.07) is 5.47. The Labute approximate surface area is 156 Å². The predicted octanol–water partition coefficient (Wildman–Crippen LogP) is -0.371. The van der Waals surface area contributed by atoms with Crippen LogP contribution in [-0.2, 0) is 10.0 Å². The summed E-state index contributed by atoms with van der Waals surface area (Å²) in [5.41, 5.74) is 1.86. The molecule has 8 heteroatoms. The van der Waals surface area contributed by atoms with Gasteiger partial charge in [0, 0.05) is 26.2 Å². The molecule has 25 heavy (non-hydrogen) atoms. The molecule has 0 bridgehead atoms. The van der Waals surface area contributed by atoms with Crippen LogP contribution in [0.5, 0.6) is 0 Å². The van der Waals surface area contributed by atoms with Crippen molar-refractivity contribution in [2.75, 3.05) is 53.4 Å². The molecule has 0 radical (unpaired) electrons. The number of thiocarbonyl (C=S) groups is 1. The second kappa shape index (κ2) is 8.44. The van der Waals surface area contributed by atoms with Gasteiger partial charge in [-0.25, -0.2) is 8.42 Å². The number of benzene rings is 1. The van der Waals surface area contributed by atoms with Crippen molar-refractivity contribution in [1.82, 2.24) is 14.5 Å². The highest BCUT2D eigenvalue weighted by atomic mass is 32.2. The smallest absolute Gasteiger partial charge is 0.243 e. The normalized spacial score (nSPS) is 16.3. The third-order valence-corrected chi connectivity index (χ3v) is 6.84. The molecule has 140 valence electrons. The fourth-order valence-corrected chi connectivity index (χ4v) is 4.80. The van der Waals surface area contributed by atoms with Gasteiger partial charge in [-0.3, -0.25) is 0 Å². The van der Waals surface area contributed by atoms with Crippen molar-refractivity contribution in [2.45, 2.75) is 18.7 Å². The lowest BCUT2D eigenvalue weighted by molar-refractivity contribution is -0.856. The molecule has 0 atom stereocenters. The Kier molecular flexibility index (Phi) is 6.79. The van der Waals surface area contributed by atoms with E-state index in [0.29, 0.717) is 36.2 Å². The van der Waals surface area contributed by atoms with Gasteiger partial charge in [0.25, 0.3) is 0 Å². The fraction of sp³-hybridized carbons (Fsp3) is 0.588. The molecule has 6 nitrogen and oxygen atoms in total. The number of hydrogen-bond acceptors (Lipinski definition) is 3. The lowest BCUT2D eigenvalue weighted by atomic mass is 10.2. The maximum atomic E-state index is 12.9. The summed E-state index contributed by atoms with van der Waals surface area (Å²) in [5, 5.41) is 3.97. The number of hydrogen-bond donors (Lipinski definition) is 2. The molecule has 0 aromatic heterocycles. The first-order valence-corrected chi connectivity index (χ1v) is 10.5. The third-order valence-electron chi connectivity index (χ3n) is 4.38. The first-order chi connectivity index (χ1) is 11.7. The Hall–Kier alpha value is -1.22. The zero-order valence-electron chi connectivity index (χ0n) is 15.5. The van der Waals surface area contributed by atoms with Gasteiger partial charge in [0.2, 0.25) is 10.0 Å². The number of quaternary nitrogens is 1. The van der Waals surface area contributed by atoms with Gasteiger partial charge in [0.15, 0.2) is 5.11 Å². The van der Waals surface area contributed by atoms with Crippen LogP contribution in [0.15, 0.2) is 23.1 Å². The van der Waals surface area contributed by atoms with E-state index in [1.807, 2.05) is 30.9 Å². The van der Waals surface area contributed by atoms with Crippen LogP contribution < -0.4 is 10.2 Å². The van der Waals surface area contributed by atoms with Gasteiger partial charge in [-0.1, -0.05) is 17.7 Å². The molecule has 2 N–H and O–H groups in total. The molecule has 1 saturated heterocycles. The Morgan fingerprint density at radius 3 is 2.40 bits per heavy atom. The number of aryl methyl sites for hydroxylation is 2. The van der Waals surface area contributed by atoms with Crippen molar-refractivity contribution in [3.05, 3.63) is 29.3 Å². The van der Waals surface area contributed by atoms with E-state index >= 15 is 0 Å². The molecule has 0 amide bonds. The predicted molar refractivity (Wildman–Crippen MR) is 105 cm³/mol. The minimum atomic E-state index is -3.45. The highest BCUT2D eigenvalue weighted by molar-refractivity contribution is 7.89. The number of nitrogens with one attached hydrogen (secondary N) is 2. The van der Waals surface area contributed by atoms with E-state index in [1.165, 1.54) is 4.90 Å². The highest BCUT2D eigenvalue weighted by Crippen LogP contribution is 2.22. The van der Waals surface area contributed by atoms with E-state index in [2.05, 4.69) is 19.4 Å². The van der Waals surface area contributed by atoms with E-state index in [4.69, 9.17) is 12.2 Å². The van der Waals surface area contributed by atoms with Crippen molar-refractivity contribution in [3.8, 4) is 0 Å². The first kappa shape index (κ1) is 20.1. The monoisotopic (exact) mass is 385 g/mol. The van der Waals surface area contributed by atoms with Gasteiger partial charge in [-0.15, -0.1) is 0 Å². The summed E-state index contributed by atoms with van der Waals surface area (Å²) in [6.45, 7) is 7.77. The van der Waals surface area contributed by atoms with Crippen LogP contribution in [0.25, 0.3) is 0 Å². The van der Waals surface area contributed by atoms with Crippen molar-refractivity contribution in [2.24, 2.45) is 0 Å². The largest absolute Gasteiger partial charge is 0.357 e. The number of likely N-dealkylation sites (N-methyl/N-ethyl adjacent to an activating group) is 1. The molecule has 1 aromatic rings. The van der Waals surface area contributed by atoms with E-state index in [9.17, 15) is 8.42 Å². The molecule has 0 unspecified atom stereocenters. The summed E-state index contributed by atoms with van der Waals surface area (Å²) in [7, 11) is 0.750. The van der Waals surface area contributed by atoms with E-state index in [0.717, 1.165) is 24.2 Å². The van der Waals surface area contributed by atoms with Crippen molar-refractivity contribution >= 4 is 27.4 Å². The standard InChI is InChI=1S/C17H28N4O2S2/c1-14-5-6-16(15(2)13-14)25(22,23)21-11-9-20(10-12-21)17(24)18-7-8-19(3)4/h5-6,13H,7-12H2,1-4H3,(H,18,24)/p+1. The van der Waals surface area contributed by atoms with Gasteiger partial charge >= 0.3 is 0 Å². The third kappa shape index (κ3) is 5.13. The molecule has 0 aliphatic carbocycles. The van der Waals surface area contributed by atoms with Gasteiger partial charge in [0.1, 0.15) is 0 Å². The summed E-state index contributed by atoms with van der Waals surface area (Å²) < 4.78 is 27.4. The second-order valence-electron chi connectivity index (χ2n) is 6.85. The lowest BCUT2D eigenvalue weighted by Crippen LogP contribution is -3.06. The summed E-state index contributed by atoms with van der Waals surface area (Å²) in [4.78, 5) is 3.81. The molecule has 2 rings (SSSR count). The van der Waals surface area contributed by atoms with E-state index < -0.39 is 10.0 Å². The summed E-state index contributed by atoms with van der Waals surface area (Å²) in [5.74, 6) is 0. The van der Waals surface area contributed by atoms with Crippen LogP contribution in [0.3, 0.4) is 0 Å². The van der Waals surface area contributed by atoms with Crippen LogP contribution in [0.4, 0.5) is 0 Å². The van der Waals surface area contributed by atoms with Crippen LogP contribution in [0, 0.1) is 13.8 Å². The molecule has 0 saturated carbocycles. The Bertz CT molecular complexity index is 711. The molecular weight excluding hydrogens is 356 g/mol. The maximum absolute atomic E-state index is 12.9. The van der Waals surface area contributed by atoms with E-state index in [1.54, 1.807) is 10.4 Å². The van der Waals surface area contributed by atoms with Crippen molar-refractivity contribution in [1.29, 1.82) is 0 Å². The highest BCUT2D eigenvalue weighted by Gasteiger charge is 2.30. The SMILES string of the molecule is Cc1ccc(S(=O)(=O)N2CCN(C(=S)NCC[NH+](C)C)CC2)c(C)c1. The number of sulfonamides is 1. The van der Waals surface area contributed by atoms with Crippen molar-refractivity contribution in [3.63, 3.8) is 0 Å². The Morgan fingerprint density at radius 2 is 1.84 bits per heavy atom. The molecule has 1 aliphatic rings. The second-order valence-corrected chi connectivity index (χ2v) is 9.14. The summed E-state index contributed by atoms with van der Waals surface area (Å²) in [6.07, 6.45) is 0. The van der Waals surface area contributed by atoms with Crippen LogP contribution >= 0.6 is 12.2 Å². The lowest BCUT2D eigenvalue weighted by Gasteiger charge is -2.35. The molecular formula is C17H29N4O2S2+. The molecule has 0 spiro atoms. The van der Waals surface area contributed by atoms with Gasteiger partial charge in [-0.05, 0) is 37.7 Å². The quantitative estimate of drug-likeness (QED) is 0.678. The van der Waals surface area contributed by atoms with E-state index in [-0.39, 0.29) is 0 Å². The molecule has 1 aliphatic heterocycles. The number of piperazine rings is 1. The van der Waals surface area contributed by atoms with Gasteiger partial charge in [0.05, 0.1) is 32.1 Å². The Balaban J connectivity index is 1.96. The average molecular weight is 386 g/mol. The summed E-state index contributed by atoms with van der Waals surface area (Å²) >= 11 is 5.42.